The monoisotopic (exact) mass is 522 g/mol. The van der Waals surface area contributed by atoms with Crippen molar-refractivity contribution < 1.29 is 37.0 Å². The van der Waals surface area contributed by atoms with Crippen LogP contribution < -0.4 is 5.73 Å². The minimum absolute atomic E-state index is 0.0464. The molecule has 2 saturated carbocycles. The van der Waals surface area contributed by atoms with Crippen molar-refractivity contribution >= 4 is 12.0 Å². The van der Waals surface area contributed by atoms with Gasteiger partial charge in [-0.25, -0.2) is 9.18 Å². The van der Waals surface area contributed by atoms with Gasteiger partial charge in [0.15, 0.2) is 0 Å². The van der Waals surface area contributed by atoms with Gasteiger partial charge in [-0.15, -0.1) is 0 Å². The van der Waals surface area contributed by atoms with Crippen LogP contribution in [0, 0.1) is 5.82 Å². The zero-order valence-electron chi connectivity index (χ0n) is 20.2. The number of carbonyl (C=O) groups excluding carboxylic acids is 2. The van der Waals surface area contributed by atoms with Gasteiger partial charge < -0.3 is 20.5 Å². The molecule has 200 valence electrons. The van der Waals surface area contributed by atoms with Crippen molar-refractivity contribution in [1.29, 1.82) is 0 Å². The van der Waals surface area contributed by atoms with E-state index in [9.17, 15) is 32.3 Å². The van der Waals surface area contributed by atoms with Gasteiger partial charge in [0.05, 0.1) is 6.61 Å². The third-order valence-electron chi connectivity index (χ3n) is 7.57. The summed E-state index contributed by atoms with van der Waals surface area (Å²) in [6.07, 6.45) is -1.38. The first-order valence-corrected chi connectivity index (χ1v) is 12.3. The minimum Gasteiger partial charge on any atom is -0.449 e. The SMILES string of the molecule is NC(=O)OCC1(c2ccc(F)cc2)CCC(N(C(=O)c2ccc(C(CO)C(F)(F)F)cc2)C2CC2)CC1. The number of nitrogens with zero attached hydrogens (tertiary/aromatic N) is 1. The van der Waals surface area contributed by atoms with Gasteiger partial charge in [-0.1, -0.05) is 24.3 Å². The number of carbonyl (C=O) groups is 2. The first kappa shape index (κ1) is 26.9. The smallest absolute Gasteiger partial charge is 0.404 e. The quantitative estimate of drug-likeness (QED) is 0.475. The van der Waals surface area contributed by atoms with Gasteiger partial charge in [-0.2, -0.15) is 13.2 Å². The van der Waals surface area contributed by atoms with Crippen molar-refractivity contribution in [2.24, 2.45) is 5.73 Å². The molecule has 0 radical (unpaired) electrons. The minimum atomic E-state index is -4.59. The number of amides is 2. The largest absolute Gasteiger partial charge is 0.449 e. The molecule has 2 aliphatic rings. The van der Waals surface area contributed by atoms with Crippen LogP contribution in [-0.2, 0) is 10.2 Å². The van der Waals surface area contributed by atoms with Gasteiger partial charge in [0, 0.05) is 23.1 Å². The van der Waals surface area contributed by atoms with E-state index in [4.69, 9.17) is 10.5 Å². The summed E-state index contributed by atoms with van der Waals surface area (Å²) in [7, 11) is 0. The fraction of sp³-hybridized carbons (Fsp3) is 0.481. The van der Waals surface area contributed by atoms with Crippen LogP contribution in [0.15, 0.2) is 48.5 Å². The molecule has 2 aliphatic carbocycles. The summed E-state index contributed by atoms with van der Waals surface area (Å²) in [4.78, 5) is 26.7. The molecule has 0 aliphatic heterocycles. The number of ether oxygens (including phenoxy) is 1. The molecule has 6 nitrogen and oxygen atoms in total. The lowest BCUT2D eigenvalue weighted by Gasteiger charge is -2.43. The van der Waals surface area contributed by atoms with Gasteiger partial charge in [0.25, 0.3) is 5.91 Å². The Bertz CT molecular complexity index is 1090. The summed E-state index contributed by atoms with van der Waals surface area (Å²) in [5.41, 5.74) is 5.68. The first-order valence-electron chi connectivity index (χ1n) is 12.3. The number of halogens is 4. The van der Waals surface area contributed by atoms with Crippen LogP contribution in [0.25, 0.3) is 0 Å². The third kappa shape index (κ3) is 6.06. The number of aliphatic hydroxyl groups excluding tert-OH is 1. The lowest BCUT2D eigenvalue weighted by molar-refractivity contribution is -0.158. The standard InChI is InChI=1S/C27H30F4N2O4/c28-20-7-5-19(6-8-20)26(16-37-25(32)36)13-11-22(12-14-26)33(21-9-10-21)24(35)18-3-1-17(2-4-18)23(15-34)27(29,30)31/h1-8,21-23,34H,9-16H2,(H2,32,36). The number of hydrogen-bond donors (Lipinski definition) is 2. The predicted molar refractivity (Wildman–Crippen MR) is 127 cm³/mol. The number of aliphatic hydroxyl groups is 1. The highest BCUT2D eigenvalue weighted by atomic mass is 19.4. The molecular weight excluding hydrogens is 492 g/mol. The molecule has 10 heteroatoms. The Kier molecular flexibility index (Phi) is 7.77. The second-order valence-electron chi connectivity index (χ2n) is 9.97. The number of benzene rings is 2. The molecule has 0 spiro atoms. The number of primary amides is 1. The van der Waals surface area contributed by atoms with Crippen molar-refractivity contribution in [2.45, 2.75) is 68.1 Å². The van der Waals surface area contributed by atoms with Gasteiger partial charge in [0.1, 0.15) is 18.3 Å². The third-order valence-corrected chi connectivity index (χ3v) is 7.57. The van der Waals surface area contributed by atoms with E-state index in [0.29, 0.717) is 31.2 Å². The molecule has 0 saturated heterocycles. The lowest BCUT2D eigenvalue weighted by atomic mass is 9.68. The summed E-state index contributed by atoms with van der Waals surface area (Å²) in [5.74, 6) is -2.62. The zero-order valence-corrected chi connectivity index (χ0v) is 20.2. The second-order valence-corrected chi connectivity index (χ2v) is 9.97. The molecule has 2 fully saturated rings. The molecule has 2 aromatic rings. The van der Waals surface area contributed by atoms with Crippen LogP contribution in [0.4, 0.5) is 22.4 Å². The maximum atomic E-state index is 13.5. The summed E-state index contributed by atoms with van der Waals surface area (Å²) in [5, 5.41) is 9.19. The average molecular weight is 523 g/mol. The lowest BCUT2D eigenvalue weighted by Crippen LogP contribution is -2.48. The highest BCUT2D eigenvalue weighted by Gasteiger charge is 2.44. The highest BCUT2D eigenvalue weighted by molar-refractivity contribution is 5.95. The molecule has 0 heterocycles. The van der Waals surface area contributed by atoms with Gasteiger partial charge in [0.2, 0.25) is 0 Å². The summed E-state index contributed by atoms with van der Waals surface area (Å²) < 4.78 is 58.2. The van der Waals surface area contributed by atoms with Crippen molar-refractivity contribution in [3.63, 3.8) is 0 Å². The Morgan fingerprint density at radius 3 is 2.05 bits per heavy atom. The van der Waals surface area contributed by atoms with Gasteiger partial charge >= 0.3 is 12.3 Å². The maximum Gasteiger partial charge on any atom is 0.404 e. The summed E-state index contributed by atoms with van der Waals surface area (Å²) in [6, 6.07) is 11.3. The van der Waals surface area contributed by atoms with E-state index >= 15 is 0 Å². The van der Waals surface area contributed by atoms with E-state index in [1.165, 1.54) is 36.4 Å². The number of hydrogen-bond acceptors (Lipinski definition) is 4. The fourth-order valence-electron chi connectivity index (χ4n) is 5.35. The fourth-order valence-corrected chi connectivity index (χ4v) is 5.35. The second kappa shape index (κ2) is 10.7. The normalized spacial score (nSPS) is 22.8. The number of alkyl halides is 3. The molecule has 0 bridgehead atoms. The van der Waals surface area contributed by atoms with Crippen molar-refractivity contribution in [3.8, 4) is 0 Å². The molecule has 3 N–H and O–H groups in total. The zero-order chi connectivity index (χ0) is 26.8. The number of nitrogens with two attached hydrogens (primary N) is 1. The Balaban J connectivity index is 1.51. The summed E-state index contributed by atoms with van der Waals surface area (Å²) in [6.45, 7) is -1.02. The first-order chi connectivity index (χ1) is 17.5. The molecular formula is C27H30F4N2O4. The molecule has 2 aromatic carbocycles. The van der Waals surface area contributed by atoms with Crippen LogP contribution in [0.2, 0.25) is 0 Å². The molecule has 4 rings (SSSR count). The molecule has 0 aromatic heterocycles. The van der Waals surface area contributed by atoms with Crippen LogP contribution in [0.1, 0.15) is 65.9 Å². The van der Waals surface area contributed by atoms with Crippen LogP contribution >= 0.6 is 0 Å². The molecule has 1 unspecified atom stereocenters. The van der Waals surface area contributed by atoms with E-state index in [1.54, 1.807) is 12.1 Å². The van der Waals surface area contributed by atoms with Gasteiger partial charge in [-0.05, 0) is 73.9 Å². The van der Waals surface area contributed by atoms with Crippen molar-refractivity contribution in [1.82, 2.24) is 4.90 Å². The summed E-state index contributed by atoms with van der Waals surface area (Å²) >= 11 is 0. The predicted octanol–water partition coefficient (Wildman–Crippen LogP) is 5.04. The molecule has 1 atom stereocenters. The van der Waals surface area contributed by atoms with Gasteiger partial charge in [-0.3, -0.25) is 4.79 Å². The Morgan fingerprint density at radius 2 is 1.57 bits per heavy atom. The highest BCUT2D eigenvalue weighted by Crippen LogP contribution is 2.44. The Hall–Kier alpha value is -3.14. The van der Waals surface area contributed by atoms with E-state index in [2.05, 4.69) is 0 Å². The molecule has 37 heavy (non-hydrogen) atoms. The van der Waals surface area contributed by atoms with E-state index in [1.807, 2.05) is 4.90 Å². The van der Waals surface area contributed by atoms with Crippen LogP contribution in [0.3, 0.4) is 0 Å². The van der Waals surface area contributed by atoms with E-state index < -0.39 is 30.2 Å². The maximum absolute atomic E-state index is 13.5. The van der Waals surface area contributed by atoms with Crippen molar-refractivity contribution in [3.05, 3.63) is 71.0 Å². The van der Waals surface area contributed by atoms with E-state index in [0.717, 1.165) is 18.4 Å². The van der Waals surface area contributed by atoms with E-state index in [-0.39, 0.29) is 36.0 Å². The topological polar surface area (TPSA) is 92.9 Å². The molecule has 2 amide bonds. The van der Waals surface area contributed by atoms with Crippen molar-refractivity contribution in [2.75, 3.05) is 13.2 Å². The Morgan fingerprint density at radius 1 is 1.00 bits per heavy atom. The number of rotatable bonds is 8. The average Bonchev–Trinajstić information content (AvgIpc) is 3.69. The Labute approximate surface area is 212 Å². The van der Waals surface area contributed by atoms with Crippen LogP contribution in [-0.4, -0.2) is 53.5 Å². The van der Waals surface area contributed by atoms with Crippen LogP contribution in [0.5, 0.6) is 0 Å².